The van der Waals surface area contributed by atoms with Crippen molar-refractivity contribution in [3.05, 3.63) is 45.8 Å². The summed E-state index contributed by atoms with van der Waals surface area (Å²) in [6, 6.07) is 7.14. The number of nitrogens with one attached hydrogen (secondary N) is 1. The van der Waals surface area contributed by atoms with Gasteiger partial charge in [-0.3, -0.25) is 18.6 Å². The Labute approximate surface area is 182 Å². The summed E-state index contributed by atoms with van der Waals surface area (Å²) in [6.07, 6.45) is 1.45. The SMILES string of the molecule is CCn1c(=O)c2sccc2n2c(CCCC(=O)Nc3ccc(OC)cc3OC)nnc12. The zero-order valence-electron chi connectivity index (χ0n) is 17.5. The number of hydrogen-bond donors (Lipinski definition) is 1. The minimum absolute atomic E-state index is 0.0493. The molecule has 1 amide bonds. The van der Waals surface area contributed by atoms with Crippen LogP contribution in [0, 0.1) is 0 Å². The second-order valence-electron chi connectivity index (χ2n) is 6.90. The predicted octanol–water partition coefficient (Wildman–Crippen LogP) is 3.10. The van der Waals surface area contributed by atoms with E-state index < -0.39 is 0 Å². The Morgan fingerprint density at radius 1 is 1.19 bits per heavy atom. The van der Waals surface area contributed by atoms with Gasteiger partial charge < -0.3 is 14.8 Å². The van der Waals surface area contributed by atoms with Gasteiger partial charge in [0.2, 0.25) is 11.7 Å². The van der Waals surface area contributed by atoms with Crippen molar-refractivity contribution >= 4 is 38.9 Å². The van der Waals surface area contributed by atoms with Gasteiger partial charge in [0.05, 0.1) is 25.4 Å². The number of anilines is 1. The van der Waals surface area contributed by atoms with Crippen molar-refractivity contribution in [3.63, 3.8) is 0 Å². The molecule has 0 aliphatic heterocycles. The monoisotopic (exact) mass is 441 g/mol. The highest BCUT2D eigenvalue weighted by Gasteiger charge is 2.17. The molecule has 1 N–H and O–H groups in total. The van der Waals surface area contributed by atoms with Crippen LogP contribution in [-0.4, -0.2) is 39.3 Å². The molecule has 0 fully saturated rings. The van der Waals surface area contributed by atoms with E-state index in [0.29, 0.717) is 53.5 Å². The minimum Gasteiger partial charge on any atom is -0.497 e. The number of methoxy groups -OCH3 is 2. The molecule has 3 heterocycles. The number of amides is 1. The van der Waals surface area contributed by atoms with E-state index in [1.165, 1.54) is 11.3 Å². The van der Waals surface area contributed by atoms with Crippen LogP contribution in [0.4, 0.5) is 5.69 Å². The van der Waals surface area contributed by atoms with Gasteiger partial charge in [-0.25, -0.2) is 0 Å². The van der Waals surface area contributed by atoms with Crippen molar-refractivity contribution in [1.82, 2.24) is 19.2 Å². The summed E-state index contributed by atoms with van der Waals surface area (Å²) in [6.45, 7) is 2.42. The van der Waals surface area contributed by atoms with Gasteiger partial charge in [0, 0.05) is 25.5 Å². The summed E-state index contributed by atoms with van der Waals surface area (Å²) in [5.74, 6) is 2.33. The van der Waals surface area contributed by atoms with Crippen molar-refractivity contribution in [1.29, 1.82) is 0 Å². The molecule has 0 aliphatic carbocycles. The molecule has 31 heavy (non-hydrogen) atoms. The molecule has 0 aliphatic rings. The first-order chi connectivity index (χ1) is 15.1. The molecule has 0 atom stereocenters. The summed E-state index contributed by atoms with van der Waals surface area (Å²) >= 11 is 1.41. The molecule has 3 aromatic heterocycles. The van der Waals surface area contributed by atoms with Gasteiger partial charge >= 0.3 is 0 Å². The summed E-state index contributed by atoms with van der Waals surface area (Å²) in [7, 11) is 3.12. The van der Waals surface area contributed by atoms with Crippen molar-refractivity contribution in [2.24, 2.45) is 0 Å². The lowest BCUT2D eigenvalue weighted by molar-refractivity contribution is -0.116. The van der Waals surface area contributed by atoms with Crippen molar-refractivity contribution in [2.75, 3.05) is 19.5 Å². The van der Waals surface area contributed by atoms with Gasteiger partial charge in [-0.1, -0.05) is 0 Å². The highest BCUT2D eigenvalue weighted by molar-refractivity contribution is 7.17. The third-order valence-electron chi connectivity index (χ3n) is 5.08. The van der Waals surface area contributed by atoms with Crippen LogP contribution < -0.4 is 20.3 Å². The molecule has 162 valence electrons. The minimum atomic E-state index is -0.122. The average Bonchev–Trinajstić information content (AvgIpc) is 3.42. The fourth-order valence-corrected chi connectivity index (χ4v) is 4.37. The zero-order valence-corrected chi connectivity index (χ0v) is 18.4. The van der Waals surface area contributed by atoms with Crippen LogP contribution in [-0.2, 0) is 17.8 Å². The molecular formula is C21H23N5O4S. The lowest BCUT2D eigenvalue weighted by Gasteiger charge is -2.11. The summed E-state index contributed by atoms with van der Waals surface area (Å²) < 4.78 is 14.7. The van der Waals surface area contributed by atoms with Gasteiger partial charge in [-0.15, -0.1) is 21.5 Å². The van der Waals surface area contributed by atoms with E-state index in [2.05, 4.69) is 15.5 Å². The maximum absolute atomic E-state index is 12.6. The smallest absolute Gasteiger partial charge is 0.272 e. The average molecular weight is 442 g/mol. The molecule has 4 rings (SSSR count). The first-order valence-corrected chi connectivity index (χ1v) is 10.8. The largest absolute Gasteiger partial charge is 0.497 e. The standard InChI is InChI=1S/C21H23N5O4S/c1-4-25-20(28)19-15(10-11-31-19)26-17(23-24-21(25)26)6-5-7-18(27)22-14-9-8-13(29-2)12-16(14)30-3/h8-12H,4-7H2,1-3H3,(H,22,27). The zero-order chi connectivity index (χ0) is 22.0. The summed E-state index contributed by atoms with van der Waals surface area (Å²) in [5.41, 5.74) is 1.35. The lowest BCUT2D eigenvalue weighted by Crippen LogP contribution is -2.21. The van der Waals surface area contributed by atoms with Crippen LogP contribution in [0.15, 0.2) is 34.4 Å². The van der Waals surface area contributed by atoms with Crippen LogP contribution in [0.2, 0.25) is 0 Å². The van der Waals surface area contributed by atoms with Crippen LogP contribution in [0.3, 0.4) is 0 Å². The van der Waals surface area contributed by atoms with Gasteiger partial charge in [0.15, 0.2) is 0 Å². The van der Waals surface area contributed by atoms with E-state index in [-0.39, 0.29) is 11.5 Å². The maximum Gasteiger partial charge on any atom is 0.272 e. The number of fused-ring (bicyclic) bond motifs is 3. The summed E-state index contributed by atoms with van der Waals surface area (Å²) in [5, 5.41) is 13.3. The quantitative estimate of drug-likeness (QED) is 0.451. The highest BCUT2D eigenvalue weighted by atomic mass is 32.1. The molecule has 0 spiro atoms. The third kappa shape index (κ3) is 3.86. The number of ether oxygens (including phenoxy) is 2. The van der Waals surface area contributed by atoms with E-state index in [4.69, 9.17) is 9.47 Å². The molecule has 0 saturated carbocycles. The fraction of sp³-hybridized carbons (Fsp3) is 0.333. The predicted molar refractivity (Wildman–Crippen MR) is 119 cm³/mol. The number of nitrogens with zero attached hydrogens (tertiary/aromatic N) is 4. The van der Waals surface area contributed by atoms with E-state index >= 15 is 0 Å². The van der Waals surface area contributed by atoms with Gasteiger partial charge in [0.25, 0.3) is 5.56 Å². The third-order valence-corrected chi connectivity index (χ3v) is 5.97. The van der Waals surface area contributed by atoms with Crippen molar-refractivity contribution < 1.29 is 14.3 Å². The molecule has 0 radical (unpaired) electrons. The Hall–Kier alpha value is -3.40. The maximum atomic E-state index is 12.6. The van der Waals surface area contributed by atoms with Crippen LogP contribution in [0.1, 0.15) is 25.6 Å². The highest BCUT2D eigenvalue weighted by Crippen LogP contribution is 2.29. The van der Waals surface area contributed by atoms with E-state index in [9.17, 15) is 9.59 Å². The molecule has 4 aromatic rings. The topological polar surface area (TPSA) is 99.8 Å². The van der Waals surface area contributed by atoms with Gasteiger partial charge in [0.1, 0.15) is 22.0 Å². The van der Waals surface area contributed by atoms with Crippen molar-refractivity contribution in [3.8, 4) is 11.5 Å². The Morgan fingerprint density at radius 3 is 2.77 bits per heavy atom. The molecule has 10 heteroatoms. The number of benzene rings is 1. The van der Waals surface area contributed by atoms with Crippen LogP contribution in [0.5, 0.6) is 11.5 Å². The first-order valence-electron chi connectivity index (χ1n) is 9.93. The second kappa shape index (κ2) is 8.76. The number of thiophene rings is 1. The number of carbonyl (C=O) groups excluding carboxylic acids is 1. The summed E-state index contributed by atoms with van der Waals surface area (Å²) in [4.78, 5) is 25.1. The fourth-order valence-electron chi connectivity index (χ4n) is 3.55. The van der Waals surface area contributed by atoms with E-state index in [1.807, 2.05) is 22.8 Å². The number of aryl methyl sites for hydroxylation is 2. The Morgan fingerprint density at radius 2 is 2.03 bits per heavy atom. The Bertz CT molecular complexity index is 1310. The number of rotatable bonds is 8. The first kappa shape index (κ1) is 20.9. The number of carbonyl (C=O) groups is 1. The van der Waals surface area contributed by atoms with E-state index in [1.54, 1.807) is 37.0 Å². The Kier molecular flexibility index (Phi) is 5.90. The lowest BCUT2D eigenvalue weighted by atomic mass is 10.2. The normalized spacial score (nSPS) is 11.2. The van der Waals surface area contributed by atoms with E-state index in [0.717, 1.165) is 11.3 Å². The molecule has 1 aromatic carbocycles. The van der Waals surface area contributed by atoms with Crippen LogP contribution in [0.25, 0.3) is 16.0 Å². The van der Waals surface area contributed by atoms with Crippen molar-refractivity contribution in [2.45, 2.75) is 32.7 Å². The Balaban J connectivity index is 1.49. The molecule has 9 nitrogen and oxygen atoms in total. The molecule has 0 bridgehead atoms. The van der Waals surface area contributed by atoms with Gasteiger partial charge in [-0.05, 0) is 36.9 Å². The molecule has 0 saturated heterocycles. The number of hydrogen-bond acceptors (Lipinski definition) is 7. The van der Waals surface area contributed by atoms with Gasteiger partial charge in [-0.2, -0.15) is 0 Å². The van der Waals surface area contributed by atoms with Crippen LogP contribution >= 0.6 is 11.3 Å². The number of aromatic nitrogens is 4. The second-order valence-corrected chi connectivity index (χ2v) is 7.82. The molecular weight excluding hydrogens is 418 g/mol. The molecule has 0 unspecified atom stereocenters.